The van der Waals surface area contributed by atoms with Gasteiger partial charge in [0.15, 0.2) is 5.82 Å². The van der Waals surface area contributed by atoms with Crippen molar-refractivity contribution < 1.29 is 5.11 Å². The maximum atomic E-state index is 9.66. The minimum absolute atomic E-state index is 0.0211. The molecular formula is C16H13ClN4OS. The lowest BCUT2D eigenvalue weighted by Gasteiger charge is -2.04. The monoisotopic (exact) mass is 344 g/mol. The van der Waals surface area contributed by atoms with Gasteiger partial charge in [0.05, 0.1) is 11.2 Å². The number of phenols is 1. The van der Waals surface area contributed by atoms with Crippen LogP contribution in [-0.4, -0.2) is 32.5 Å². The summed E-state index contributed by atoms with van der Waals surface area (Å²) in [5.41, 5.74) is 1.53. The average molecular weight is 345 g/mol. The van der Waals surface area contributed by atoms with E-state index in [1.807, 2.05) is 36.6 Å². The number of thioether (sulfide) groups is 1. The van der Waals surface area contributed by atoms with Crippen LogP contribution in [-0.2, 0) is 0 Å². The molecule has 2 aromatic carbocycles. The average Bonchev–Trinajstić information content (AvgIpc) is 3.00. The van der Waals surface area contributed by atoms with E-state index < -0.39 is 0 Å². The number of nitrogens with zero attached hydrogens (tertiary/aromatic N) is 4. The maximum Gasteiger partial charge on any atom is 0.212 e. The number of hydrogen-bond acceptors (Lipinski definition) is 5. The van der Waals surface area contributed by atoms with Crippen LogP contribution in [0.15, 0.2) is 58.8 Å². The lowest BCUT2D eigenvalue weighted by Crippen LogP contribution is -1.96. The fraction of sp³-hybridized carbons (Fsp3) is 0.0625. The standard InChI is InChI=1S/C16H13ClN4OS/c1-23-16-20-19-15(11-6-3-2-4-7-11)21(16)18-10-12-8-5-9-13(22)14(12)17/h2-10,22H,1H3/b18-10-. The van der Waals surface area contributed by atoms with Gasteiger partial charge in [-0.2, -0.15) is 9.78 Å². The molecule has 3 rings (SSSR count). The van der Waals surface area contributed by atoms with Crippen LogP contribution in [0.1, 0.15) is 5.56 Å². The van der Waals surface area contributed by atoms with Crippen LogP contribution in [0.5, 0.6) is 5.75 Å². The molecule has 116 valence electrons. The molecule has 0 saturated heterocycles. The molecule has 0 aliphatic carbocycles. The molecule has 0 aliphatic rings. The fourth-order valence-electron chi connectivity index (χ4n) is 2.02. The first-order chi connectivity index (χ1) is 11.2. The van der Waals surface area contributed by atoms with Crippen molar-refractivity contribution >= 4 is 29.6 Å². The molecule has 1 N–H and O–H groups in total. The van der Waals surface area contributed by atoms with E-state index in [1.54, 1.807) is 23.0 Å². The third-order valence-electron chi connectivity index (χ3n) is 3.15. The minimum atomic E-state index is 0.0211. The Bertz CT molecular complexity index is 849. The van der Waals surface area contributed by atoms with Gasteiger partial charge in [0.1, 0.15) is 5.75 Å². The SMILES string of the molecule is CSc1nnc(-c2ccccc2)n1/N=C\c1cccc(O)c1Cl. The smallest absolute Gasteiger partial charge is 0.212 e. The number of aromatic hydroxyl groups is 1. The predicted octanol–water partition coefficient (Wildman–Crippen LogP) is 3.91. The van der Waals surface area contributed by atoms with Crippen LogP contribution in [0.25, 0.3) is 11.4 Å². The summed E-state index contributed by atoms with van der Waals surface area (Å²) in [6.45, 7) is 0. The summed E-state index contributed by atoms with van der Waals surface area (Å²) in [5.74, 6) is 0.662. The Labute approximate surface area is 142 Å². The summed E-state index contributed by atoms with van der Waals surface area (Å²) >= 11 is 7.52. The van der Waals surface area contributed by atoms with E-state index in [0.717, 1.165) is 5.56 Å². The van der Waals surface area contributed by atoms with Crippen LogP contribution in [0.4, 0.5) is 0 Å². The molecule has 1 heterocycles. The molecule has 0 spiro atoms. The van der Waals surface area contributed by atoms with Gasteiger partial charge in [-0.05, 0) is 12.3 Å². The lowest BCUT2D eigenvalue weighted by molar-refractivity contribution is 0.475. The van der Waals surface area contributed by atoms with E-state index in [-0.39, 0.29) is 10.8 Å². The second-order valence-electron chi connectivity index (χ2n) is 4.61. The normalized spacial score (nSPS) is 11.2. The summed E-state index contributed by atoms with van der Waals surface area (Å²) in [6.07, 6.45) is 3.49. The van der Waals surface area contributed by atoms with E-state index in [2.05, 4.69) is 15.3 Å². The van der Waals surface area contributed by atoms with Crippen molar-refractivity contribution in [2.45, 2.75) is 5.16 Å². The molecule has 0 atom stereocenters. The molecule has 0 radical (unpaired) electrons. The molecule has 0 fully saturated rings. The van der Waals surface area contributed by atoms with Crippen LogP contribution in [0.3, 0.4) is 0 Å². The highest BCUT2D eigenvalue weighted by Gasteiger charge is 2.12. The quantitative estimate of drug-likeness (QED) is 0.575. The van der Waals surface area contributed by atoms with Gasteiger partial charge in [-0.1, -0.05) is 65.8 Å². The molecule has 0 unspecified atom stereocenters. The van der Waals surface area contributed by atoms with Crippen molar-refractivity contribution in [1.29, 1.82) is 0 Å². The number of phenolic OH excluding ortho intramolecular Hbond substituents is 1. The summed E-state index contributed by atoms with van der Waals surface area (Å²) in [6, 6.07) is 14.7. The topological polar surface area (TPSA) is 63.3 Å². The number of benzene rings is 2. The second-order valence-corrected chi connectivity index (χ2v) is 5.76. The lowest BCUT2D eigenvalue weighted by atomic mass is 10.2. The van der Waals surface area contributed by atoms with Crippen molar-refractivity contribution in [3.05, 3.63) is 59.1 Å². The van der Waals surface area contributed by atoms with Crippen LogP contribution in [0, 0.1) is 0 Å². The van der Waals surface area contributed by atoms with Gasteiger partial charge in [0.25, 0.3) is 0 Å². The van der Waals surface area contributed by atoms with E-state index in [0.29, 0.717) is 16.5 Å². The molecule has 0 amide bonds. The molecule has 0 bridgehead atoms. The zero-order valence-corrected chi connectivity index (χ0v) is 13.8. The number of hydrogen-bond donors (Lipinski definition) is 1. The van der Waals surface area contributed by atoms with E-state index >= 15 is 0 Å². The van der Waals surface area contributed by atoms with Gasteiger partial charge in [-0.25, -0.2) is 0 Å². The Balaban J connectivity index is 2.04. The third kappa shape index (κ3) is 3.23. The number of aromatic nitrogens is 3. The summed E-state index contributed by atoms with van der Waals surface area (Å²) < 4.78 is 1.65. The maximum absolute atomic E-state index is 9.66. The Morgan fingerprint density at radius 3 is 2.65 bits per heavy atom. The Morgan fingerprint density at radius 2 is 1.91 bits per heavy atom. The first-order valence-corrected chi connectivity index (χ1v) is 8.37. The third-order valence-corrected chi connectivity index (χ3v) is 4.18. The van der Waals surface area contributed by atoms with Crippen molar-refractivity contribution in [3.63, 3.8) is 0 Å². The van der Waals surface area contributed by atoms with Gasteiger partial charge in [0.2, 0.25) is 5.16 Å². The molecule has 5 nitrogen and oxygen atoms in total. The largest absolute Gasteiger partial charge is 0.506 e. The predicted molar refractivity (Wildman–Crippen MR) is 93.3 cm³/mol. The highest BCUT2D eigenvalue weighted by Crippen LogP contribution is 2.26. The Kier molecular flexibility index (Phi) is 4.64. The Hall–Kier alpha value is -2.31. The Morgan fingerprint density at radius 1 is 1.13 bits per heavy atom. The highest BCUT2D eigenvalue weighted by molar-refractivity contribution is 7.98. The highest BCUT2D eigenvalue weighted by atomic mass is 35.5. The molecule has 0 aliphatic heterocycles. The molecule has 23 heavy (non-hydrogen) atoms. The van der Waals surface area contributed by atoms with Crippen LogP contribution < -0.4 is 0 Å². The minimum Gasteiger partial charge on any atom is -0.506 e. The van der Waals surface area contributed by atoms with Crippen molar-refractivity contribution in [2.24, 2.45) is 5.10 Å². The number of halogens is 1. The van der Waals surface area contributed by atoms with Gasteiger partial charge in [-0.3, -0.25) is 0 Å². The van der Waals surface area contributed by atoms with Crippen molar-refractivity contribution in [2.75, 3.05) is 6.26 Å². The fourth-order valence-corrected chi connectivity index (χ4v) is 2.62. The van der Waals surface area contributed by atoms with Gasteiger partial charge in [-0.15, -0.1) is 10.2 Å². The molecular weight excluding hydrogens is 332 g/mol. The molecule has 1 aromatic heterocycles. The first-order valence-electron chi connectivity index (χ1n) is 6.77. The van der Waals surface area contributed by atoms with Gasteiger partial charge in [0, 0.05) is 11.1 Å². The molecule has 3 aromatic rings. The van der Waals surface area contributed by atoms with E-state index in [1.165, 1.54) is 17.8 Å². The van der Waals surface area contributed by atoms with Crippen LogP contribution >= 0.6 is 23.4 Å². The van der Waals surface area contributed by atoms with Crippen molar-refractivity contribution in [3.8, 4) is 17.1 Å². The zero-order valence-electron chi connectivity index (χ0n) is 12.2. The van der Waals surface area contributed by atoms with Gasteiger partial charge < -0.3 is 5.11 Å². The summed E-state index contributed by atoms with van der Waals surface area (Å²) in [4.78, 5) is 0. The van der Waals surface area contributed by atoms with Crippen LogP contribution in [0.2, 0.25) is 5.02 Å². The van der Waals surface area contributed by atoms with Crippen molar-refractivity contribution in [1.82, 2.24) is 14.9 Å². The first kappa shape index (κ1) is 15.6. The summed E-state index contributed by atoms with van der Waals surface area (Å²) in [5, 5.41) is 23.4. The summed E-state index contributed by atoms with van der Waals surface area (Å²) in [7, 11) is 0. The number of rotatable bonds is 4. The van der Waals surface area contributed by atoms with E-state index in [4.69, 9.17) is 11.6 Å². The van der Waals surface area contributed by atoms with E-state index in [9.17, 15) is 5.11 Å². The van der Waals surface area contributed by atoms with Gasteiger partial charge >= 0.3 is 0 Å². The molecule has 0 saturated carbocycles. The zero-order chi connectivity index (χ0) is 16.2. The second kappa shape index (κ2) is 6.85. The molecule has 7 heteroatoms.